The number of ether oxygens (including phenoxy) is 4. The molecule has 3 unspecified atom stereocenters. The quantitative estimate of drug-likeness (QED) is 0.0222. The number of phosphoric acid groups is 2. The number of phosphoric ester groups is 2. The highest BCUT2D eigenvalue weighted by atomic mass is 31.2. The van der Waals surface area contributed by atoms with E-state index >= 15 is 0 Å². The van der Waals surface area contributed by atoms with Gasteiger partial charge in [-0.3, -0.25) is 37.3 Å². The smallest absolute Gasteiger partial charge is 0.462 e. The molecule has 19 heteroatoms. The first-order chi connectivity index (χ1) is 42.9. The van der Waals surface area contributed by atoms with Crippen molar-refractivity contribution in [1.82, 2.24) is 0 Å². The van der Waals surface area contributed by atoms with Gasteiger partial charge >= 0.3 is 39.5 Å². The van der Waals surface area contributed by atoms with Gasteiger partial charge in [0.15, 0.2) is 12.2 Å². The van der Waals surface area contributed by atoms with Crippen molar-refractivity contribution in [3.63, 3.8) is 0 Å². The molecule has 0 saturated heterocycles. The Balaban J connectivity index is 5.19. The van der Waals surface area contributed by atoms with Crippen LogP contribution < -0.4 is 0 Å². The summed E-state index contributed by atoms with van der Waals surface area (Å²) in [4.78, 5) is 72.4. The van der Waals surface area contributed by atoms with E-state index in [4.69, 9.17) is 37.0 Å². The molecule has 0 spiro atoms. The van der Waals surface area contributed by atoms with Crippen LogP contribution in [0.15, 0.2) is 0 Å². The number of carbonyl (C=O) groups excluding carboxylic acids is 4. The molecule has 0 bridgehead atoms. The summed E-state index contributed by atoms with van der Waals surface area (Å²) in [6, 6.07) is 0. The summed E-state index contributed by atoms with van der Waals surface area (Å²) in [6.07, 6.45) is 47.2. The first-order valence-electron chi connectivity index (χ1n) is 36.5. The predicted octanol–water partition coefficient (Wildman–Crippen LogP) is 20.0. The summed E-state index contributed by atoms with van der Waals surface area (Å²) in [5.74, 6) is -0.548. The van der Waals surface area contributed by atoms with Gasteiger partial charge in [0.2, 0.25) is 0 Å². The van der Waals surface area contributed by atoms with E-state index in [1.54, 1.807) is 0 Å². The number of unbranched alkanes of at least 4 members (excludes halogenated alkanes) is 38. The Morgan fingerprint density at radius 1 is 0.326 bits per heavy atom. The van der Waals surface area contributed by atoms with Crippen molar-refractivity contribution < 1.29 is 80.2 Å². The summed E-state index contributed by atoms with van der Waals surface area (Å²) >= 11 is 0. The SMILES string of the molecule is CCCCCCCCCCCCCCC(=O)O[C@H](COC(=O)CCCCCCCCC)COP(=O)(O)OC[C@H](O)COP(=O)(O)OC[C@@H](COC(=O)CCCCCCCCCCC(C)CC)OC(=O)CCCCCCCCCCCCCCCCCC(C)C. The Bertz CT molecular complexity index is 1740. The van der Waals surface area contributed by atoms with Gasteiger partial charge in [0.05, 0.1) is 26.4 Å². The minimum absolute atomic E-state index is 0.107. The third-order valence-electron chi connectivity index (χ3n) is 16.6. The van der Waals surface area contributed by atoms with Crippen LogP contribution in [0.4, 0.5) is 0 Å². The number of hydrogen-bond donors (Lipinski definition) is 3. The maximum Gasteiger partial charge on any atom is 0.472 e. The highest BCUT2D eigenvalue weighted by molar-refractivity contribution is 7.47. The fourth-order valence-corrected chi connectivity index (χ4v) is 12.1. The lowest BCUT2D eigenvalue weighted by molar-refractivity contribution is -0.161. The standard InChI is InChI=1S/C70H136O17P2/c1-7-10-12-14-16-17-18-25-28-36-42-48-54-69(74)86-65(58-80-67(72)52-46-40-32-15-13-11-8-2)60-84-88(76,77)82-56-64(71)57-83-89(78,79)85-61-66(59-81-68(73)53-47-41-35-31-30-34-39-45-51-63(6)9-3)87-70(75)55-49-43-37-29-26-23-21-19-20-22-24-27-33-38-44-50-62(4)5/h62-66,71H,7-61H2,1-6H3,(H,76,77)(H,78,79)/t63?,64-,65+,66+/m0/s1. The van der Waals surface area contributed by atoms with Crippen LogP contribution in [-0.4, -0.2) is 96.7 Å². The van der Waals surface area contributed by atoms with Gasteiger partial charge in [-0.2, -0.15) is 0 Å². The Morgan fingerprint density at radius 2 is 0.573 bits per heavy atom. The van der Waals surface area contributed by atoms with Crippen LogP contribution in [0.5, 0.6) is 0 Å². The normalized spacial score (nSPS) is 14.4. The van der Waals surface area contributed by atoms with Crippen LogP contribution in [0.2, 0.25) is 0 Å². The molecule has 0 radical (unpaired) electrons. The molecule has 0 aliphatic heterocycles. The average molecular weight is 1310 g/mol. The molecule has 3 N–H and O–H groups in total. The number of carbonyl (C=O) groups is 4. The summed E-state index contributed by atoms with van der Waals surface area (Å²) < 4.78 is 68.2. The Labute approximate surface area is 543 Å². The molecule has 0 rings (SSSR count). The fourth-order valence-electron chi connectivity index (χ4n) is 10.6. The minimum Gasteiger partial charge on any atom is -0.462 e. The van der Waals surface area contributed by atoms with Gasteiger partial charge in [-0.05, 0) is 37.5 Å². The van der Waals surface area contributed by atoms with Crippen molar-refractivity contribution in [3.8, 4) is 0 Å². The van der Waals surface area contributed by atoms with Gasteiger partial charge in [0.1, 0.15) is 19.3 Å². The average Bonchev–Trinajstić information content (AvgIpc) is 3.60. The van der Waals surface area contributed by atoms with Gasteiger partial charge < -0.3 is 33.8 Å². The van der Waals surface area contributed by atoms with E-state index in [9.17, 15) is 43.2 Å². The largest absolute Gasteiger partial charge is 0.472 e. The van der Waals surface area contributed by atoms with Crippen LogP contribution in [0.3, 0.4) is 0 Å². The van der Waals surface area contributed by atoms with Crippen LogP contribution in [0, 0.1) is 11.8 Å². The van der Waals surface area contributed by atoms with E-state index in [0.717, 1.165) is 115 Å². The summed E-state index contributed by atoms with van der Waals surface area (Å²) in [5.41, 5.74) is 0. The van der Waals surface area contributed by atoms with Gasteiger partial charge in [0.25, 0.3) is 0 Å². The molecule has 0 aliphatic rings. The molecule has 0 aromatic rings. The van der Waals surface area contributed by atoms with Gasteiger partial charge in [-0.15, -0.1) is 0 Å². The molecule has 0 aromatic carbocycles. The molecule has 0 fully saturated rings. The maximum absolute atomic E-state index is 13.0. The number of esters is 4. The molecule has 0 saturated carbocycles. The second-order valence-electron chi connectivity index (χ2n) is 26.0. The number of aliphatic hydroxyl groups excluding tert-OH is 1. The van der Waals surface area contributed by atoms with Gasteiger partial charge in [-0.1, -0.05) is 305 Å². The Kier molecular flexibility index (Phi) is 60.8. The highest BCUT2D eigenvalue weighted by Crippen LogP contribution is 2.45. The van der Waals surface area contributed by atoms with Gasteiger partial charge in [-0.25, -0.2) is 9.13 Å². The lowest BCUT2D eigenvalue weighted by Crippen LogP contribution is -2.30. The van der Waals surface area contributed by atoms with E-state index in [1.807, 2.05) is 0 Å². The zero-order chi connectivity index (χ0) is 65.7. The zero-order valence-electron chi connectivity index (χ0n) is 57.7. The monoisotopic (exact) mass is 1310 g/mol. The van der Waals surface area contributed by atoms with E-state index in [2.05, 4.69) is 41.5 Å². The molecule has 17 nitrogen and oxygen atoms in total. The number of aliphatic hydroxyl groups is 1. The number of rotatable bonds is 69. The minimum atomic E-state index is -4.95. The second-order valence-corrected chi connectivity index (χ2v) is 28.9. The van der Waals surface area contributed by atoms with Crippen molar-refractivity contribution in [1.29, 1.82) is 0 Å². The third-order valence-corrected chi connectivity index (χ3v) is 18.5. The molecule has 0 aromatic heterocycles. The fraction of sp³-hybridized carbons (Fsp3) is 0.943. The molecule has 0 heterocycles. The lowest BCUT2D eigenvalue weighted by atomic mass is 9.99. The van der Waals surface area contributed by atoms with Crippen molar-refractivity contribution >= 4 is 39.5 Å². The first kappa shape index (κ1) is 87.1. The van der Waals surface area contributed by atoms with E-state index in [0.29, 0.717) is 25.7 Å². The summed E-state index contributed by atoms with van der Waals surface area (Å²) in [5, 5.41) is 10.6. The van der Waals surface area contributed by atoms with Crippen LogP contribution in [0.25, 0.3) is 0 Å². The third kappa shape index (κ3) is 63.2. The first-order valence-corrected chi connectivity index (χ1v) is 39.5. The van der Waals surface area contributed by atoms with Gasteiger partial charge in [0, 0.05) is 25.7 Å². The topological polar surface area (TPSA) is 237 Å². The van der Waals surface area contributed by atoms with Crippen molar-refractivity contribution in [2.24, 2.45) is 11.8 Å². The second kappa shape index (κ2) is 62.2. The van der Waals surface area contributed by atoms with E-state index < -0.39 is 97.5 Å². The van der Waals surface area contributed by atoms with Crippen LogP contribution in [-0.2, 0) is 65.4 Å². The predicted molar refractivity (Wildman–Crippen MR) is 358 cm³/mol. The lowest BCUT2D eigenvalue weighted by Gasteiger charge is -2.21. The molecule has 0 amide bonds. The molecule has 528 valence electrons. The zero-order valence-corrected chi connectivity index (χ0v) is 59.5. The molecular weight excluding hydrogens is 1170 g/mol. The van der Waals surface area contributed by atoms with Crippen LogP contribution >= 0.6 is 15.6 Å². The number of hydrogen-bond acceptors (Lipinski definition) is 15. The Morgan fingerprint density at radius 3 is 0.854 bits per heavy atom. The molecular formula is C70H136O17P2. The summed E-state index contributed by atoms with van der Waals surface area (Å²) in [6.45, 7) is 9.54. The van der Waals surface area contributed by atoms with E-state index in [1.165, 1.54) is 161 Å². The summed E-state index contributed by atoms with van der Waals surface area (Å²) in [7, 11) is -9.89. The van der Waals surface area contributed by atoms with E-state index in [-0.39, 0.29) is 25.7 Å². The molecule has 6 atom stereocenters. The van der Waals surface area contributed by atoms with Crippen molar-refractivity contribution in [3.05, 3.63) is 0 Å². The maximum atomic E-state index is 13.0. The van der Waals surface area contributed by atoms with Crippen molar-refractivity contribution in [2.45, 2.75) is 374 Å². The highest BCUT2D eigenvalue weighted by Gasteiger charge is 2.30. The molecule has 89 heavy (non-hydrogen) atoms. The Hall–Kier alpha value is -1.94. The van der Waals surface area contributed by atoms with Crippen LogP contribution in [0.1, 0.15) is 356 Å². The molecule has 0 aliphatic carbocycles. The van der Waals surface area contributed by atoms with Crippen molar-refractivity contribution in [2.75, 3.05) is 39.6 Å².